The second kappa shape index (κ2) is 9.19. The van der Waals surface area contributed by atoms with Gasteiger partial charge in [0.15, 0.2) is 5.65 Å². The summed E-state index contributed by atoms with van der Waals surface area (Å²) < 4.78 is 12.8. The number of nitrogens with one attached hydrogen (secondary N) is 2. The zero-order valence-electron chi connectivity index (χ0n) is 19.4. The van der Waals surface area contributed by atoms with Gasteiger partial charge in [-0.15, -0.1) is 0 Å². The molecule has 180 valence electrons. The van der Waals surface area contributed by atoms with E-state index in [-0.39, 0.29) is 34.5 Å². The molecule has 3 aromatic heterocycles. The summed E-state index contributed by atoms with van der Waals surface area (Å²) >= 11 is 0. The number of aryl methyl sites for hydroxylation is 2. The molecule has 1 amide bonds. The highest BCUT2D eigenvalue weighted by atomic mass is 16.5. The molecule has 34 heavy (non-hydrogen) atoms. The van der Waals surface area contributed by atoms with E-state index in [0.717, 1.165) is 43.1 Å². The molecule has 10 nitrogen and oxygen atoms in total. The number of carbonyl (C=O) groups excluding carboxylic acids is 1. The van der Waals surface area contributed by atoms with Crippen molar-refractivity contribution in [3.8, 4) is 0 Å². The van der Waals surface area contributed by atoms with Crippen LogP contribution in [0, 0.1) is 6.92 Å². The number of carbonyl (C=O) groups is 1. The lowest BCUT2D eigenvalue weighted by atomic mass is 10.1. The summed E-state index contributed by atoms with van der Waals surface area (Å²) in [6, 6.07) is 5.38. The van der Waals surface area contributed by atoms with E-state index in [9.17, 15) is 14.4 Å². The monoisotopic (exact) mass is 467 g/mol. The van der Waals surface area contributed by atoms with Crippen LogP contribution in [-0.2, 0) is 11.3 Å². The lowest BCUT2D eigenvalue weighted by Crippen LogP contribution is -2.44. The smallest absolute Gasteiger partial charge is 0.329 e. The fraction of sp³-hybridized carbons (Fsp3) is 0.500. The molecule has 0 radical (unpaired) electrons. The van der Waals surface area contributed by atoms with Gasteiger partial charge in [0.05, 0.1) is 30.2 Å². The van der Waals surface area contributed by atoms with Crippen LogP contribution in [0.5, 0.6) is 0 Å². The number of pyridine rings is 1. The molecular formula is C24H29N5O5. The number of hydrogen-bond acceptors (Lipinski definition) is 7. The van der Waals surface area contributed by atoms with Crippen molar-refractivity contribution < 1.29 is 13.9 Å². The maximum absolute atomic E-state index is 13.5. The van der Waals surface area contributed by atoms with Gasteiger partial charge in [0, 0.05) is 37.8 Å². The Morgan fingerprint density at radius 1 is 1.26 bits per heavy atom. The number of nitrogens with zero attached hydrogens (tertiary/aromatic N) is 3. The third-order valence-corrected chi connectivity index (χ3v) is 6.56. The van der Waals surface area contributed by atoms with E-state index in [2.05, 4.69) is 20.2 Å². The van der Waals surface area contributed by atoms with Gasteiger partial charge in [0.1, 0.15) is 11.5 Å². The van der Waals surface area contributed by atoms with E-state index in [1.54, 1.807) is 6.07 Å². The maximum atomic E-state index is 13.5. The van der Waals surface area contributed by atoms with Gasteiger partial charge in [-0.25, -0.2) is 9.78 Å². The van der Waals surface area contributed by atoms with Crippen molar-refractivity contribution in [1.29, 1.82) is 0 Å². The summed E-state index contributed by atoms with van der Waals surface area (Å²) in [5, 5.41) is 3.15. The molecule has 1 unspecified atom stereocenters. The van der Waals surface area contributed by atoms with Gasteiger partial charge in [-0.3, -0.25) is 24.0 Å². The number of furan rings is 1. The minimum absolute atomic E-state index is 0.139. The van der Waals surface area contributed by atoms with Gasteiger partial charge in [0.25, 0.3) is 11.5 Å². The third-order valence-electron chi connectivity index (χ3n) is 6.56. The summed E-state index contributed by atoms with van der Waals surface area (Å²) in [6.45, 7) is 7.04. The Morgan fingerprint density at radius 3 is 2.68 bits per heavy atom. The lowest BCUT2D eigenvalue weighted by molar-refractivity contribution is 0.0117. The molecule has 1 aliphatic heterocycles. The highest BCUT2D eigenvalue weighted by molar-refractivity contribution is 6.05. The summed E-state index contributed by atoms with van der Waals surface area (Å²) in [4.78, 5) is 47.8. The van der Waals surface area contributed by atoms with Gasteiger partial charge < -0.3 is 14.5 Å². The lowest BCUT2D eigenvalue weighted by Gasteiger charge is -2.33. The number of hydrogen-bond donors (Lipinski definition) is 2. The fourth-order valence-electron chi connectivity index (χ4n) is 4.57. The van der Waals surface area contributed by atoms with Gasteiger partial charge in [-0.2, -0.15) is 0 Å². The van der Waals surface area contributed by atoms with Crippen LogP contribution in [0.2, 0.25) is 0 Å². The molecule has 0 aromatic carbocycles. The van der Waals surface area contributed by atoms with E-state index < -0.39 is 11.2 Å². The van der Waals surface area contributed by atoms with E-state index >= 15 is 0 Å². The standard InChI is InChI=1S/C24H29N5O5/c1-3-29-21-20(23(31)27-24(29)32)16(12-17(26-21)15-5-6-15)22(30)25-13-18(19-7-4-14(2)34-19)28-8-10-33-11-9-28/h4,7,12,15,18H,3,5-6,8-11,13H2,1-2H3,(H,25,30)(H,27,31,32). The normalized spacial score (nSPS) is 17.7. The number of H-pyrrole nitrogens is 1. The molecule has 2 N–H and O–H groups in total. The predicted octanol–water partition coefficient (Wildman–Crippen LogP) is 1.69. The van der Waals surface area contributed by atoms with E-state index in [1.807, 2.05) is 26.0 Å². The molecule has 10 heteroatoms. The van der Waals surface area contributed by atoms with Crippen LogP contribution >= 0.6 is 0 Å². The molecule has 5 rings (SSSR count). The molecule has 1 aliphatic carbocycles. The first-order valence-electron chi connectivity index (χ1n) is 11.8. The van der Waals surface area contributed by atoms with Crippen molar-refractivity contribution >= 4 is 16.9 Å². The molecular weight excluding hydrogens is 438 g/mol. The van der Waals surface area contributed by atoms with Crippen LogP contribution in [0.25, 0.3) is 11.0 Å². The predicted molar refractivity (Wildman–Crippen MR) is 125 cm³/mol. The Labute approximate surface area is 195 Å². The van der Waals surface area contributed by atoms with E-state index in [0.29, 0.717) is 26.3 Å². The van der Waals surface area contributed by atoms with Gasteiger partial charge in [-0.1, -0.05) is 0 Å². The van der Waals surface area contributed by atoms with Crippen molar-refractivity contribution in [2.75, 3.05) is 32.8 Å². The molecule has 2 fully saturated rings. The second-order valence-electron chi connectivity index (χ2n) is 8.89. The molecule has 0 spiro atoms. The number of fused-ring (bicyclic) bond motifs is 1. The highest BCUT2D eigenvalue weighted by Crippen LogP contribution is 2.40. The molecule has 1 saturated carbocycles. The molecule has 1 saturated heterocycles. The number of rotatable bonds is 7. The minimum Gasteiger partial charge on any atom is -0.465 e. The number of ether oxygens (including phenoxy) is 1. The number of amides is 1. The Balaban J connectivity index is 1.50. The molecule has 0 bridgehead atoms. The van der Waals surface area contributed by atoms with Crippen LogP contribution in [0.1, 0.15) is 59.3 Å². The summed E-state index contributed by atoms with van der Waals surface area (Å²) in [7, 11) is 0. The zero-order valence-corrected chi connectivity index (χ0v) is 19.4. The third kappa shape index (κ3) is 4.30. The van der Waals surface area contributed by atoms with Crippen LogP contribution in [0.15, 0.2) is 32.2 Å². The fourth-order valence-corrected chi connectivity index (χ4v) is 4.57. The van der Waals surface area contributed by atoms with Gasteiger partial charge in [-0.05, 0) is 44.9 Å². The first-order chi connectivity index (χ1) is 16.5. The quantitative estimate of drug-likeness (QED) is 0.542. The molecule has 3 aromatic rings. The van der Waals surface area contributed by atoms with Crippen LogP contribution in [0.4, 0.5) is 0 Å². The average molecular weight is 468 g/mol. The average Bonchev–Trinajstić information content (AvgIpc) is 3.60. The van der Waals surface area contributed by atoms with Crippen molar-refractivity contribution in [3.05, 3.63) is 61.8 Å². The van der Waals surface area contributed by atoms with E-state index in [4.69, 9.17) is 9.15 Å². The zero-order chi connectivity index (χ0) is 23.8. The van der Waals surface area contributed by atoms with Crippen molar-refractivity contribution in [2.45, 2.75) is 45.2 Å². The topological polar surface area (TPSA) is 122 Å². The first-order valence-corrected chi connectivity index (χ1v) is 11.8. The summed E-state index contributed by atoms with van der Waals surface area (Å²) in [5.41, 5.74) is 0.128. The Kier molecular flexibility index (Phi) is 6.09. The number of morpholine rings is 1. The van der Waals surface area contributed by atoms with E-state index in [1.165, 1.54) is 4.57 Å². The van der Waals surface area contributed by atoms with Crippen molar-refractivity contribution in [2.24, 2.45) is 0 Å². The molecule has 4 heterocycles. The molecule has 2 aliphatic rings. The highest BCUT2D eigenvalue weighted by Gasteiger charge is 2.30. The van der Waals surface area contributed by atoms with Crippen molar-refractivity contribution in [3.63, 3.8) is 0 Å². The first kappa shape index (κ1) is 22.5. The van der Waals surface area contributed by atoms with Crippen molar-refractivity contribution in [1.82, 2.24) is 24.8 Å². The van der Waals surface area contributed by atoms with Crippen LogP contribution < -0.4 is 16.6 Å². The number of aromatic nitrogens is 3. The Hall–Kier alpha value is -3.24. The summed E-state index contributed by atoms with van der Waals surface area (Å²) in [6.07, 6.45) is 1.96. The van der Waals surface area contributed by atoms with Crippen LogP contribution in [0.3, 0.4) is 0 Å². The Morgan fingerprint density at radius 2 is 2.03 bits per heavy atom. The van der Waals surface area contributed by atoms with Crippen LogP contribution in [-0.4, -0.2) is 58.2 Å². The number of aromatic amines is 1. The second-order valence-corrected chi connectivity index (χ2v) is 8.89. The Bertz CT molecular complexity index is 1330. The summed E-state index contributed by atoms with van der Waals surface area (Å²) in [5.74, 6) is 1.46. The van der Waals surface area contributed by atoms with Gasteiger partial charge in [0.2, 0.25) is 0 Å². The molecule has 1 atom stereocenters. The largest absolute Gasteiger partial charge is 0.465 e. The van der Waals surface area contributed by atoms with Gasteiger partial charge >= 0.3 is 5.69 Å². The SMILES string of the molecule is CCn1c(=O)[nH]c(=O)c2c(C(=O)NCC(c3ccc(C)o3)N3CCOCC3)cc(C3CC3)nc21. The minimum atomic E-state index is -0.601. The maximum Gasteiger partial charge on any atom is 0.329 e.